The SMILES string of the molecule is O=C1OC(c2ccc(OP(=O)(O)O)cc2)(c2ccc(OP(=O)(O)O)cc2)c2ccccc21.[Ca].[Ca]. The molecule has 0 bridgehead atoms. The average Bonchev–Trinajstić information content (AvgIpc) is 3.01. The molecule has 0 fully saturated rings. The number of carbonyl (C=O) groups excluding carboxylic acids is 1. The summed E-state index contributed by atoms with van der Waals surface area (Å²) in [7, 11) is -9.50. The standard InChI is InChI=1S/C20H16O10P2.2Ca/c21-19-17-3-1-2-4-18(17)20(28-19,13-5-9-15(10-6-13)29-31(22,23)24)14-7-11-16(12-8-14)30-32(25,26)27;;/h1-12H,(H2,22,23,24)(H2,25,26,27);;. The van der Waals surface area contributed by atoms with Gasteiger partial charge >= 0.3 is 21.6 Å². The van der Waals surface area contributed by atoms with Crippen molar-refractivity contribution in [2.24, 2.45) is 0 Å². The van der Waals surface area contributed by atoms with Crippen LogP contribution < -0.4 is 9.05 Å². The molecule has 3 aromatic rings. The molecular formula is C20H16Ca2O10P2. The van der Waals surface area contributed by atoms with Crippen LogP contribution in [0.4, 0.5) is 0 Å². The minimum absolute atomic E-state index is 0. The minimum atomic E-state index is -4.75. The van der Waals surface area contributed by atoms with E-state index in [0.717, 1.165) is 0 Å². The Morgan fingerprint density at radius 2 is 1.09 bits per heavy atom. The van der Waals surface area contributed by atoms with E-state index in [0.29, 0.717) is 22.3 Å². The Labute approximate surface area is 253 Å². The van der Waals surface area contributed by atoms with Gasteiger partial charge in [-0.25, -0.2) is 13.9 Å². The summed E-state index contributed by atoms with van der Waals surface area (Å²) in [5.41, 5.74) is 0.348. The van der Waals surface area contributed by atoms with Gasteiger partial charge in [0.2, 0.25) is 0 Å². The van der Waals surface area contributed by atoms with E-state index >= 15 is 0 Å². The van der Waals surface area contributed by atoms with Crippen molar-refractivity contribution in [1.82, 2.24) is 0 Å². The van der Waals surface area contributed by atoms with Crippen molar-refractivity contribution in [3.8, 4) is 11.5 Å². The minimum Gasteiger partial charge on any atom is -0.441 e. The van der Waals surface area contributed by atoms with Crippen molar-refractivity contribution < 1.29 is 47.3 Å². The molecule has 1 aliphatic heterocycles. The smallest absolute Gasteiger partial charge is 0.441 e. The van der Waals surface area contributed by atoms with E-state index in [-0.39, 0.29) is 87.0 Å². The zero-order valence-corrected chi connectivity index (χ0v) is 23.7. The monoisotopic (exact) mass is 558 g/mol. The van der Waals surface area contributed by atoms with E-state index < -0.39 is 27.2 Å². The van der Waals surface area contributed by atoms with Crippen LogP contribution in [0.15, 0.2) is 72.8 Å². The molecule has 4 radical (unpaired) electrons. The van der Waals surface area contributed by atoms with Gasteiger partial charge in [-0.05, 0) is 30.3 Å². The van der Waals surface area contributed by atoms with Gasteiger partial charge in [-0.1, -0.05) is 42.5 Å². The summed E-state index contributed by atoms with van der Waals surface area (Å²) in [6, 6.07) is 18.0. The number of hydrogen-bond acceptors (Lipinski definition) is 6. The second-order valence-corrected chi connectivity index (χ2v) is 9.16. The van der Waals surface area contributed by atoms with Gasteiger partial charge in [-0.15, -0.1) is 0 Å². The summed E-state index contributed by atoms with van der Waals surface area (Å²) >= 11 is 0. The van der Waals surface area contributed by atoms with Gasteiger partial charge in [0.05, 0.1) is 5.56 Å². The van der Waals surface area contributed by atoms with Crippen LogP contribution in [0.5, 0.6) is 11.5 Å². The predicted molar refractivity (Wildman–Crippen MR) is 121 cm³/mol. The second kappa shape index (κ2) is 11.3. The van der Waals surface area contributed by atoms with Gasteiger partial charge in [0.1, 0.15) is 11.5 Å². The predicted octanol–water partition coefficient (Wildman–Crippen LogP) is 2.33. The Kier molecular flexibility index (Phi) is 9.90. The maximum atomic E-state index is 12.7. The number of rotatable bonds is 6. The fourth-order valence-corrected chi connectivity index (χ4v) is 4.38. The third-order valence-corrected chi connectivity index (χ3v) is 5.64. The molecule has 0 aromatic heterocycles. The van der Waals surface area contributed by atoms with Gasteiger partial charge in [0.25, 0.3) is 0 Å². The molecule has 170 valence electrons. The van der Waals surface area contributed by atoms with Crippen LogP contribution in [0, 0.1) is 0 Å². The van der Waals surface area contributed by atoms with E-state index in [1.54, 1.807) is 24.3 Å². The molecule has 10 nitrogen and oxygen atoms in total. The molecule has 34 heavy (non-hydrogen) atoms. The zero-order chi connectivity index (χ0) is 23.1. The third-order valence-electron chi connectivity index (χ3n) is 4.74. The number of carbonyl (C=O) groups is 1. The first-order valence-electron chi connectivity index (χ1n) is 9.02. The van der Waals surface area contributed by atoms with Crippen molar-refractivity contribution in [3.63, 3.8) is 0 Å². The molecule has 1 aliphatic rings. The summed E-state index contributed by atoms with van der Waals surface area (Å²) in [6.45, 7) is 0. The Bertz CT molecular complexity index is 1200. The van der Waals surface area contributed by atoms with Crippen LogP contribution in [0.25, 0.3) is 0 Å². The summed E-state index contributed by atoms with van der Waals surface area (Å²) < 4.78 is 37.2. The van der Waals surface area contributed by atoms with Crippen molar-refractivity contribution in [1.29, 1.82) is 0 Å². The molecule has 0 unspecified atom stereocenters. The summed E-state index contributed by atoms with van der Waals surface area (Å²) in [5, 5.41) is 0. The number of esters is 1. The number of hydrogen-bond donors (Lipinski definition) is 4. The molecule has 3 aromatic carbocycles. The van der Waals surface area contributed by atoms with Crippen molar-refractivity contribution in [2.45, 2.75) is 5.60 Å². The quantitative estimate of drug-likeness (QED) is 0.201. The number of phosphoric ester groups is 2. The Balaban J connectivity index is 0.00000204. The average molecular weight is 558 g/mol. The fourth-order valence-electron chi connectivity index (χ4n) is 3.59. The number of phosphoric acid groups is 2. The van der Waals surface area contributed by atoms with Crippen LogP contribution in [0.3, 0.4) is 0 Å². The van der Waals surface area contributed by atoms with Gasteiger partial charge in [0.15, 0.2) is 5.60 Å². The van der Waals surface area contributed by atoms with Crippen LogP contribution >= 0.6 is 15.6 Å². The number of benzene rings is 3. The van der Waals surface area contributed by atoms with Gasteiger partial charge in [-0.2, -0.15) is 0 Å². The normalized spacial score (nSPS) is 14.2. The van der Waals surface area contributed by atoms with Crippen LogP contribution in [0.2, 0.25) is 0 Å². The molecule has 4 rings (SSSR count). The third kappa shape index (κ3) is 6.45. The molecule has 4 N–H and O–H groups in total. The first-order valence-corrected chi connectivity index (χ1v) is 12.1. The largest absolute Gasteiger partial charge is 0.524 e. The molecule has 0 aliphatic carbocycles. The van der Waals surface area contributed by atoms with Crippen LogP contribution in [0.1, 0.15) is 27.0 Å². The fraction of sp³-hybridized carbons (Fsp3) is 0.0500. The molecule has 14 heteroatoms. The molecule has 0 atom stereocenters. The van der Waals surface area contributed by atoms with Crippen LogP contribution in [-0.4, -0.2) is 101 Å². The van der Waals surface area contributed by atoms with E-state index in [2.05, 4.69) is 9.05 Å². The Morgan fingerprint density at radius 3 is 1.50 bits per heavy atom. The number of ether oxygens (including phenoxy) is 1. The maximum absolute atomic E-state index is 12.7. The van der Waals surface area contributed by atoms with Gasteiger partial charge in [0, 0.05) is 92.2 Å². The molecule has 0 saturated carbocycles. The second-order valence-electron chi connectivity index (χ2n) is 6.83. The molecule has 0 saturated heterocycles. The summed E-state index contributed by atoms with van der Waals surface area (Å²) in [5.74, 6) is -0.743. The first-order chi connectivity index (χ1) is 15.0. The van der Waals surface area contributed by atoms with E-state index in [1.165, 1.54) is 48.5 Å². The molecule has 0 spiro atoms. The molecule has 1 heterocycles. The number of fused-ring (bicyclic) bond motifs is 1. The molecule has 0 amide bonds. The summed E-state index contributed by atoms with van der Waals surface area (Å²) in [6.07, 6.45) is 0. The van der Waals surface area contributed by atoms with Crippen molar-refractivity contribution >= 4 is 97.1 Å². The van der Waals surface area contributed by atoms with Crippen LogP contribution in [-0.2, 0) is 19.5 Å². The van der Waals surface area contributed by atoms with Gasteiger partial charge < -0.3 is 13.8 Å². The Morgan fingerprint density at radius 1 is 0.676 bits per heavy atom. The first kappa shape index (κ1) is 29.8. The van der Waals surface area contributed by atoms with E-state index in [9.17, 15) is 13.9 Å². The maximum Gasteiger partial charge on any atom is 0.524 e. The Hall–Kier alpha value is -0.451. The number of cyclic esters (lactones) is 1. The van der Waals surface area contributed by atoms with Crippen molar-refractivity contribution in [2.75, 3.05) is 0 Å². The van der Waals surface area contributed by atoms with Gasteiger partial charge in [-0.3, -0.25) is 19.6 Å². The zero-order valence-electron chi connectivity index (χ0n) is 17.5. The summed E-state index contributed by atoms with van der Waals surface area (Å²) in [4.78, 5) is 48.7. The van der Waals surface area contributed by atoms with Crippen molar-refractivity contribution in [3.05, 3.63) is 95.1 Å². The molecular weight excluding hydrogens is 542 g/mol. The van der Waals surface area contributed by atoms with E-state index in [4.69, 9.17) is 24.3 Å². The topological polar surface area (TPSA) is 160 Å². The van der Waals surface area contributed by atoms with E-state index in [1.807, 2.05) is 0 Å².